The van der Waals surface area contributed by atoms with Crippen molar-refractivity contribution >= 4 is 16.9 Å². The number of fused-ring (bicyclic) bond motifs is 1. The molecule has 1 aliphatic rings. The van der Waals surface area contributed by atoms with Crippen molar-refractivity contribution in [3.8, 4) is 0 Å². The first-order chi connectivity index (χ1) is 11.8. The van der Waals surface area contributed by atoms with Crippen LogP contribution < -0.4 is 4.90 Å². The molecule has 2 aromatic heterocycles. The monoisotopic (exact) mass is 319 g/mol. The first-order valence-electron chi connectivity index (χ1n) is 8.39. The second-order valence-electron chi connectivity index (χ2n) is 6.24. The van der Waals surface area contributed by atoms with Gasteiger partial charge in [-0.25, -0.2) is 9.97 Å². The molecule has 0 amide bonds. The lowest BCUT2D eigenvalue weighted by molar-refractivity contribution is 0.248. The van der Waals surface area contributed by atoms with Crippen molar-refractivity contribution in [1.82, 2.24) is 19.9 Å². The van der Waals surface area contributed by atoms with E-state index in [0.29, 0.717) is 0 Å². The lowest BCUT2D eigenvalue weighted by Crippen LogP contribution is -2.46. The Morgan fingerprint density at radius 1 is 0.875 bits per heavy atom. The predicted octanol–water partition coefficient (Wildman–Crippen LogP) is 2.66. The molecule has 5 nitrogen and oxygen atoms in total. The van der Waals surface area contributed by atoms with E-state index < -0.39 is 0 Å². The molecule has 0 aliphatic carbocycles. The van der Waals surface area contributed by atoms with Crippen molar-refractivity contribution in [2.45, 2.75) is 13.5 Å². The Balaban J connectivity index is 1.45. The Labute approximate surface area is 142 Å². The summed E-state index contributed by atoms with van der Waals surface area (Å²) in [6.45, 7) is 7.14. The summed E-state index contributed by atoms with van der Waals surface area (Å²) in [4.78, 5) is 18.0. The fourth-order valence-corrected chi connectivity index (χ4v) is 3.31. The average molecular weight is 319 g/mol. The summed E-state index contributed by atoms with van der Waals surface area (Å²) in [6, 6.07) is 10.4. The van der Waals surface area contributed by atoms with Crippen LogP contribution in [0.5, 0.6) is 0 Å². The molecule has 0 saturated carbocycles. The van der Waals surface area contributed by atoms with Gasteiger partial charge in [-0.3, -0.25) is 9.88 Å². The Bertz CT molecular complexity index is 826. The smallest absolute Gasteiger partial charge is 0.225 e. The van der Waals surface area contributed by atoms with Crippen molar-refractivity contribution in [3.05, 3.63) is 60.0 Å². The molecular formula is C19H21N5. The SMILES string of the molecule is Cc1c(CN2CCN(c3ncccn3)CC2)ccc2cccnc12. The van der Waals surface area contributed by atoms with Crippen LogP contribution in [0.1, 0.15) is 11.1 Å². The maximum absolute atomic E-state index is 4.54. The van der Waals surface area contributed by atoms with Crippen molar-refractivity contribution in [3.63, 3.8) is 0 Å². The van der Waals surface area contributed by atoms with Gasteiger partial charge in [-0.2, -0.15) is 0 Å². The van der Waals surface area contributed by atoms with E-state index in [2.05, 4.69) is 49.9 Å². The zero-order valence-electron chi connectivity index (χ0n) is 13.9. The number of benzene rings is 1. The maximum atomic E-state index is 4.54. The molecule has 122 valence electrons. The van der Waals surface area contributed by atoms with Gasteiger partial charge in [0.05, 0.1) is 5.52 Å². The minimum atomic E-state index is 0.836. The van der Waals surface area contributed by atoms with Gasteiger partial charge in [0.25, 0.3) is 0 Å². The fraction of sp³-hybridized carbons (Fsp3) is 0.316. The molecule has 1 aliphatic heterocycles. The Hall–Kier alpha value is -2.53. The van der Waals surface area contributed by atoms with Crippen LogP contribution in [0, 0.1) is 6.92 Å². The van der Waals surface area contributed by atoms with Gasteiger partial charge < -0.3 is 4.90 Å². The summed E-state index contributed by atoms with van der Waals surface area (Å²) in [5, 5.41) is 1.21. The summed E-state index contributed by atoms with van der Waals surface area (Å²) < 4.78 is 0. The number of aryl methyl sites for hydroxylation is 1. The summed E-state index contributed by atoms with van der Waals surface area (Å²) >= 11 is 0. The second-order valence-corrected chi connectivity index (χ2v) is 6.24. The highest BCUT2D eigenvalue weighted by atomic mass is 15.3. The lowest BCUT2D eigenvalue weighted by Gasteiger charge is -2.34. The first-order valence-corrected chi connectivity index (χ1v) is 8.39. The quantitative estimate of drug-likeness (QED) is 0.743. The van der Waals surface area contributed by atoms with Gasteiger partial charge in [-0.1, -0.05) is 18.2 Å². The lowest BCUT2D eigenvalue weighted by atomic mass is 10.0. The summed E-state index contributed by atoms with van der Waals surface area (Å²) in [7, 11) is 0. The van der Waals surface area contributed by atoms with E-state index in [1.165, 1.54) is 16.5 Å². The number of aromatic nitrogens is 3. The molecule has 0 unspecified atom stereocenters. The number of anilines is 1. The van der Waals surface area contributed by atoms with E-state index in [4.69, 9.17) is 0 Å². The summed E-state index contributed by atoms with van der Waals surface area (Å²) in [5.74, 6) is 0.836. The number of rotatable bonds is 3. The molecule has 24 heavy (non-hydrogen) atoms. The average Bonchev–Trinajstić information content (AvgIpc) is 2.66. The Kier molecular flexibility index (Phi) is 4.09. The van der Waals surface area contributed by atoms with Crippen LogP contribution in [0.15, 0.2) is 48.9 Å². The number of nitrogens with zero attached hydrogens (tertiary/aromatic N) is 5. The second kappa shape index (κ2) is 6.53. The van der Waals surface area contributed by atoms with Crippen LogP contribution in [-0.4, -0.2) is 46.0 Å². The number of piperazine rings is 1. The molecule has 5 heteroatoms. The van der Waals surface area contributed by atoms with Gasteiger partial charge in [0.1, 0.15) is 0 Å². The molecule has 1 saturated heterocycles. The molecule has 3 aromatic rings. The zero-order valence-corrected chi connectivity index (χ0v) is 13.9. The molecule has 0 bridgehead atoms. The fourth-order valence-electron chi connectivity index (χ4n) is 3.31. The molecule has 1 fully saturated rings. The van der Waals surface area contributed by atoms with E-state index in [-0.39, 0.29) is 0 Å². The highest BCUT2D eigenvalue weighted by Gasteiger charge is 2.19. The van der Waals surface area contributed by atoms with Crippen molar-refractivity contribution in [2.75, 3.05) is 31.1 Å². The number of pyridine rings is 1. The first kappa shape index (κ1) is 15.0. The Morgan fingerprint density at radius 2 is 1.62 bits per heavy atom. The predicted molar refractivity (Wildman–Crippen MR) is 96.0 cm³/mol. The standard InChI is InChI=1S/C19H21N5/c1-15-17(6-5-16-4-2-7-20-18(15)16)14-23-10-12-24(13-11-23)19-21-8-3-9-22-19/h2-9H,10-14H2,1H3. The van der Waals surface area contributed by atoms with Crippen LogP contribution in [-0.2, 0) is 6.54 Å². The van der Waals surface area contributed by atoms with Crippen LogP contribution in [0.4, 0.5) is 5.95 Å². The normalized spacial score (nSPS) is 15.8. The third-order valence-corrected chi connectivity index (χ3v) is 4.74. The van der Waals surface area contributed by atoms with Crippen LogP contribution in [0.25, 0.3) is 10.9 Å². The largest absolute Gasteiger partial charge is 0.338 e. The van der Waals surface area contributed by atoms with Crippen LogP contribution >= 0.6 is 0 Å². The molecule has 0 spiro atoms. The highest BCUT2D eigenvalue weighted by Crippen LogP contribution is 2.21. The molecule has 3 heterocycles. The molecule has 4 rings (SSSR count). The molecule has 0 atom stereocenters. The van der Waals surface area contributed by atoms with Gasteiger partial charge in [0.15, 0.2) is 0 Å². The van der Waals surface area contributed by atoms with Crippen molar-refractivity contribution in [1.29, 1.82) is 0 Å². The molecular weight excluding hydrogens is 298 g/mol. The van der Waals surface area contributed by atoms with Gasteiger partial charge in [-0.05, 0) is 30.2 Å². The van der Waals surface area contributed by atoms with Crippen molar-refractivity contribution < 1.29 is 0 Å². The Morgan fingerprint density at radius 3 is 2.42 bits per heavy atom. The van der Waals surface area contributed by atoms with E-state index in [1.807, 2.05) is 18.3 Å². The minimum absolute atomic E-state index is 0.836. The van der Waals surface area contributed by atoms with Gasteiger partial charge >= 0.3 is 0 Å². The zero-order chi connectivity index (χ0) is 16.4. The molecule has 0 radical (unpaired) electrons. The number of hydrogen-bond donors (Lipinski definition) is 0. The van der Waals surface area contributed by atoms with Crippen LogP contribution in [0.2, 0.25) is 0 Å². The van der Waals surface area contributed by atoms with E-state index in [0.717, 1.165) is 44.2 Å². The van der Waals surface area contributed by atoms with Crippen molar-refractivity contribution in [2.24, 2.45) is 0 Å². The topological polar surface area (TPSA) is 45.2 Å². The third-order valence-electron chi connectivity index (χ3n) is 4.74. The third kappa shape index (κ3) is 2.95. The van der Waals surface area contributed by atoms with E-state index >= 15 is 0 Å². The van der Waals surface area contributed by atoms with Gasteiger partial charge in [-0.15, -0.1) is 0 Å². The van der Waals surface area contributed by atoms with Gasteiger partial charge in [0, 0.05) is 56.7 Å². The molecule has 0 N–H and O–H groups in total. The van der Waals surface area contributed by atoms with E-state index in [9.17, 15) is 0 Å². The highest BCUT2D eigenvalue weighted by molar-refractivity contribution is 5.82. The van der Waals surface area contributed by atoms with Crippen LogP contribution in [0.3, 0.4) is 0 Å². The minimum Gasteiger partial charge on any atom is -0.338 e. The van der Waals surface area contributed by atoms with Gasteiger partial charge in [0.2, 0.25) is 5.95 Å². The number of hydrogen-bond acceptors (Lipinski definition) is 5. The molecule has 1 aromatic carbocycles. The summed E-state index contributed by atoms with van der Waals surface area (Å²) in [6.07, 6.45) is 5.48. The van der Waals surface area contributed by atoms with E-state index in [1.54, 1.807) is 12.4 Å². The summed E-state index contributed by atoms with van der Waals surface area (Å²) in [5.41, 5.74) is 3.78. The maximum Gasteiger partial charge on any atom is 0.225 e.